The maximum atomic E-state index is 13.3. The van der Waals surface area contributed by atoms with Gasteiger partial charge in [0.05, 0.1) is 12.1 Å². The van der Waals surface area contributed by atoms with Gasteiger partial charge in [0.2, 0.25) is 0 Å². The summed E-state index contributed by atoms with van der Waals surface area (Å²) < 4.78 is 0. The number of aliphatic hydroxyl groups excluding tert-OH is 1. The molecule has 0 radical (unpaired) electrons. The molecule has 0 fully saturated rings. The van der Waals surface area contributed by atoms with Crippen LogP contribution in [0, 0.1) is 0 Å². The maximum absolute atomic E-state index is 13.3. The standard InChI is InChI=1S/C32H41N3O3/c1-4-19-35(20-5-2)32(38)28-18-12-17-27(22-28)31(37)34-29(21-25-13-8-6-9-14-25)30(36)23-33-24(3)26-15-10-7-11-16-26/h6-18,22,24,29-30,33,36H,4-5,19-21,23H2,1-3H3,(H,34,37)/t24?,29-,30+/m0/s1. The van der Waals surface area contributed by atoms with Crippen LogP contribution in [0.5, 0.6) is 0 Å². The minimum absolute atomic E-state index is 0.0517. The molecule has 0 aliphatic carbocycles. The van der Waals surface area contributed by atoms with Crippen molar-refractivity contribution in [2.75, 3.05) is 19.6 Å². The number of hydrogen-bond donors (Lipinski definition) is 3. The van der Waals surface area contributed by atoms with Gasteiger partial charge in [-0.25, -0.2) is 0 Å². The van der Waals surface area contributed by atoms with Crippen LogP contribution in [-0.2, 0) is 6.42 Å². The summed E-state index contributed by atoms with van der Waals surface area (Å²) in [7, 11) is 0. The molecule has 0 aliphatic heterocycles. The maximum Gasteiger partial charge on any atom is 0.253 e. The molecule has 3 rings (SSSR count). The van der Waals surface area contributed by atoms with Crippen LogP contribution in [0.15, 0.2) is 84.9 Å². The third kappa shape index (κ3) is 8.54. The summed E-state index contributed by atoms with van der Waals surface area (Å²) in [5.74, 6) is -0.378. The van der Waals surface area contributed by atoms with Crippen LogP contribution in [0.1, 0.15) is 71.5 Å². The molecule has 3 atom stereocenters. The Balaban J connectivity index is 1.73. The average molecular weight is 516 g/mol. The Kier molecular flexibility index (Phi) is 11.5. The molecule has 202 valence electrons. The van der Waals surface area contributed by atoms with Crippen LogP contribution >= 0.6 is 0 Å². The van der Waals surface area contributed by atoms with E-state index in [0.29, 0.717) is 37.2 Å². The van der Waals surface area contributed by atoms with Gasteiger partial charge in [-0.2, -0.15) is 0 Å². The van der Waals surface area contributed by atoms with Crippen molar-refractivity contribution in [3.63, 3.8) is 0 Å². The van der Waals surface area contributed by atoms with Gasteiger partial charge in [-0.1, -0.05) is 80.6 Å². The van der Waals surface area contributed by atoms with Crippen molar-refractivity contribution in [1.82, 2.24) is 15.5 Å². The molecule has 38 heavy (non-hydrogen) atoms. The first-order valence-corrected chi connectivity index (χ1v) is 13.6. The third-order valence-corrected chi connectivity index (χ3v) is 6.66. The number of nitrogens with one attached hydrogen (secondary N) is 2. The van der Waals surface area contributed by atoms with Gasteiger partial charge in [-0.05, 0) is 55.5 Å². The highest BCUT2D eigenvalue weighted by atomic mass is 16.3. The lowest BCUT2D eigenvalue weighted by molar-refractivity contribution is 0.0755. The van der Waals surface area contributed by atoms with E-state index >= 15 is 0 Å². The van der Waals surface area contributed by atoms with Crippen LogP contribution in [0.25, 0.3) is 0 Å². The molecular weight excluding hydrogens is 474 g/mol. The van der Waals surface area contributed by atoms with E-state index in [0.717, 1.165) is 24.0 Å². The summed E-state index contributed by atoms with van der Waals surface area (Å²) in [4.78, 5) is 28.3. The quantitative estimate of drug-likeness (QED) is 0.282. The van der Waals surface area contributed by atoms with Crippen molar-refractivity contribution in [3.8, 4) is 0 Å². The lowest BCUT2D eigenvalue weighted by Crippen LogP contribution is -2.49. The minimum Gasteiger partial charge on any atom is -0.390 e. The number of aliphatic hydroxyl groups is 1. The second-order valence-corrected chi connectivity index (χ2v) is 9.75. The Morgan fingerprint density at radius 3 is 2.08 bits per heavy atom. The molecular formula is C32H41N3O3. The van der Waals surface area contributed by atoms with Gasteiger partial charge in [0.1, 0.15) is 0 Å². The van der Waals surface area contributed by atoms with E-state index in [4.69, 9.17) is 0 Å². The topological polar surface area (TPSA) is 81.7 Å². The molecule has 0 aromatic heterocycles. The second-order valence-electron chi connectivity index (χ2n) is 9.75. The van der Waals surface area contributed by atoms with Crippen molar-refractivity contribution in [1.29, 1.82) is 0 Å². The lowest BCUT2D eigenvalue weighted by atomic mass is 9.99. The van der Waals surface area contributed by atoms with E-state index in [-0.39, 0.29) is 17.9 Å². The van der Waals surface area contributed by atoms with E-state index in [1.807, 2.05) is 79.4 Å². The molecule has 0 saturated heterocycles. The SMILES string of the molecule is CCCN(CCC)C(=O)c1cccc(C(=O)N[C@@H](Cc2ccccc2)[C@H](O)CNC(C)c2ccccc2)c1. The van der Waals surface area contributed by atoms with Crippen molar-refractivity contribution < 1.29 is 14.7 Å². The molecule has 0 spiro atoms. The van der Waals surface area contributed by atoms with Crippen molar-refractivity contribution in [3.05, 3.63) is 107 Å². The molecule has 0 aliphatic rings. The number of amides is 2. The monoisotopic (exact) mass is 515 g/mol. The van der Waals surface area contributed by atoms with Crippen molar-refractivity contribution >= 4 is 11.8 Å². The molecule has 1 unspecified atom stereocenters. The number of carbonyl (C=O) groups is 2. The summed E-state index contributed by atoms with van der Waals surface area (Å²) in [6.45, 7) is 7.83. The summed E-state index contributed by atoms with van der Waals surface area (Å²) in [6.07, 6.45) is 1.41. The van der Waals surface area contributed by atoms with Gasteiger partial charge < -0.3 is 20.6 Å². The number of hydrogen-bond acceptors (Lipinski definition) is 4. The zero-order chi connectivity index (χ0) is 27.3. The molecule has 2 amide bonds. The summed E-state index contributed by atoms with van der Waals surface area (Å²) in [6, 6.07) is 26.2. The number of benzene rings is 3. The highest BCUT2D eigenvalue weighted by Gasteiger charge is 2.24. The van der Waals surface area contributed by atoms with E-state index in [1.165, 1.54) is 0 Å². The largest absolute Gasteiger partial charge is 0.390 e. The summed E-state index contributed by atoms with van der Waals surface area (Å²) in [5, 5.41) is 17.6. The molecule has 6 nitrogen and oxygen atoms in total. The Morgan fingerprint density at radius 2 is 1.45 bits per heavy atom. The minimum atomic E-state index is -0.820. The van der Waals surface area contributed by atoms with Crippen molar-refractivity contribution in [2.24, 2.45) is 0 Å². The Labute approximate surface area is 227 Å². The van der Waals surface area contributed by atoms with E-state index < -0.39 is 12.1 Å². The van der Waals surface area contributed by atoms with Gasteiger partial charge >= 0.3 is 0 Å². The van der Waals surface area contributed by atoms with Crippen LogP contribution in [0.2, 0.25) is 0 Å². The Morgan fingerprint density at radius 1 is 0.842 bits per heavy atom. The van der Waals surface area contributed by atoms with Gasteiger partial charge in [-0.15, -0.1) is 0 Å². The highest BCUT2D eigenvalue weighted by molar-refractivity contribution is 5.99. The van der Waals surface area contributed by atoms with Gasteiger partial charge in [0, 0.05) is 36.8 Å². The van der Waals surface area contributed by atoms with Crippen LogP contribution in [-0.4, -0.2) is 53.6 Å². The van der Waals surface area contributed by atoms with E-state index in [1.54, 1.807) is 24.3 Å². The predicted octanol–water partition coefficient (Wildman–Crippen LogP) is 5.00. The van der Waals surface area contributed by atoms with Gasteiger partial charge in [-0.3, -0.25) is 9.59 Å². The number of carbonyl (C=O) groups excluding carboxylic acids is 2. The molecule has 6 heteroatoms. The third-order valence-electron chi connectivity index (χ3n) is 6.66. The number of nitrogens with zero attached hydrogens (tertiary/aromatic N) is 1. The van der Waals surface area contributed by atoms with Crippen LogP contribution in [0.4, 0.5) is 0 Å². The fourth-order valence-electron chi connectivity index (χ4n) is 4.53. The molecule has 0 heterocycles. The second kappa shape index (κ2) is 15.1. The fraction of sp³-hybridized carbons (Fsp3) is 0.375. The normalized spacial score (nSPS) is 13.4. The predicted molar refractivity (Wildman–Crippen MR) is 153 cm³/mol. The first kappa shape index (κ1) is 29.1. The molecule has 3 N–H and O–H groups in total. The molecule has 3 aromatic rings. The van der Waals surface area contributed by atoms with Gasteiger partial charge in [0.25, 0.3) is 11.8 Å². The van der Waals surface area contributed by atoms with Gasteiger partial charge in [0.15, 0.2) is 0 Å². The van der Waals surface area contributed by atoms with Crippen LogP contribution in [0.3, 0.4) is 0 Å². The Hall–Kier alpha value is -3.48. The highest BCUT2D eigenvalue weighted by Crippen LogP contribution is 2.14. The van der Waals surface area contributed by atoms with Crippen molar-refractivity contribution in [2.45, 2.75) is 58.2 Å². The van der Waals surface area contributed by atoms with E-state index in [9.17, 15) is 14.7 Å². The van der Waals surface area contributed by atoms with E-state index in [2.05, 4.69) is 17.6 Å². The van der Waals surface area contributed by atoms with Crippen LogP contribution < -0.4 is 10.6 Å². The summed E-state index contributed by atoms with van der Waals surface area (Å²) in [5.41, 5.74) is 3.05. The summed E-state index contributed by atoms with van der Waals surface area (Å²) >= 11 is 0. The fourth-order valence-corrected chi connectivity index (χ4v) is 4.53. The zero-order valence-electron chi connectivity index (χ0n) is 22.8. The zero-order valence-corrected chi connectivity index (χ0v) is 22.8. The number of rotatable bonds is 14. The average Bonchev–Trinajstić information content (AvgIpc) is 2.96. The first-order chi connectivity index (χ1) is 18.4. The molecule has 0 bridgehead atoms. The lowest BCUT2D eigenvalue weighted by Gasteiger charge is -2.26. The molecule has 0 saturated carbocycles. The Bertz CT molecular complexity index is 1130. The first-order valence-electron chi connectivity index (χ1n) is 13.6. The smallest absolute Gasteiger partial charge is 0.253 e. The molecule has 3 aromatic carbocycles.